The Morgan fingerprint density at radius 3 is 2.29 bits per heavy atom. The summed E-state index contributed by atoms with van der Waals surface area (Å²) in [7, 11) is 0. The van der Waals surface area contributed by atoms with Crippen LogP contribution in [0.5, 0.6) is 5.75 Å². The molecule has 10 heteroatoms. The molecule has 2 aliphatic carbocycles. The molecule has 6 atom stereocenters. The topological polar surface area (TPSA) is 107 Å². The van der Waals surface area contributed by atoms with Crippen molar-refractivity contribution in [2.24, 2.45) is 23.7 Å². The number of hydrazine groups is 1. The minimum Gasteiger partial charge on any atom is -0.507 e. The lowest BCUT2D eigenvalue weighted by Crippen LogP contribution is -2.53. The van der Waals surface area contributed by atoms with Crippen molar-refractivity contribution in [2.45, 2.75) is 31.1 Å². The number of halogens is 2. The number of phenols is 1. The van der Waals surface area contributed by atoms with E-state index in [-0.39, 0.29) is 30.5 Å². The molecular weight excluding hydrogens is 633 g/mol. The first-order chi connectivity index (χ1) is 23.2. The number of hydrogen-bond acceptors (Lipinski definition) is 6. The highest BCUT2D eigenvalue weighted by Gasteiger charge is 2.70. The van der Waals surface area contributed by atoms with E-state index in [1.807, 2.05) is 24.3 Å². The van der Waals surface area contributed by atoms with Gasteiger partial charge in [-0.25, -0.2) is 4.39 Å². The van der Waals surface area contributed by atoms with Crippen LogP contribution in [0.3, 0.4) is 0 Å². The number of hydrogen-bond donors (Lipinski definition) is 2. The number of benzene rings is 4. The molecule has 0 bridgehead atoms. The van der Waals surface area contributed by atoms with Gasteiger partial charge >= 0.3 is 0 Å². The minimum atomic E-state index is -1.50. The van der Waals surface area contributed by atoms with Gasteiger partial charge in [0.25, 0.3) is 11.8 Å². The van der Waals surface area contributed by atoms with E-state index in [0.29, 0.717) is 39.0 Å². The number of fused-ring (bicyclic) bond motifs is 5. The summed E-state index contributed by atoms with van der Waals surface area (Å²) in [6.07, 6.45) is 2.49. The van der Waals surface area contributed by atoms with Gasteiger partial charge in [-0.1, -0.05) is 65.7 Å². The van der Waals surface area contributed by atoms with Crippen molar-refractivity contribution in [1.29, 1.82) is 0 Å². The molecule has 1 saturated carbocycles. The zero-order chi connectivity index (χ0) is 33.5. The fraction of sp³-hybridized carbons (Fsp3) is 0.263. The maximum Gasteiger partial charge on any atom is 0.260 e. The highest BCUT2D eigenvalue weighted by molar-refractivity contribution is 6.30. The summed E-state index contributed by atoms with van der Waals surface area (Å²) < 4.78 is 13.8. The molecule has 2 heterocycles. The number of carbonyl (C=O) groups is 4. The van der Waals surface area contributed by atoms with Gasteiger partial charge in [0.05, 0.1) is 28.9 Å². The van der Waals surface area contributed by atoms with Crippen molar-refractivity contribution in [2.75, 3.05) is 12.0 Å². The Hall–Kier alpha value is -5.02. The molecule has 3 fully saturated rings. The van der Waals surface area contributed by atoms with Crippen molar-refractivity contribution >= 4 is 51.7 Å². The first-order valence-electron chi connectivity index (χ1n) is 16.1. The summed E-state index contributed by atoms with van der Waals surface area (Å²) in [5.74, 6) is -5.28. The Kier molecular flexibility index (Phi) is 6.96. The van der Waals surface area contributed by atoms with Gasteiger partial charge in [0.15, 0.2) is 0 Å². The monoisotopic (exact) mass is 663 g/mol. The number of nitrogens with one attached hydrogen (secondary N) is 1. The highest BCUT2D eigenvalue weighted by Crippen LogP contribution is 2.64. The number of nitrogens with zero attached hydrogens (tertiary/aromatic N) is 2. The third-order valence-corrected chi connectivity index (χ3v) is 11.2. The van der Waals surface area contributed by atoms with E-state index in [4.69, 9.17) is 11.6 Å². The highest BCUT2D eigenvalue weighted by atomic mass is 35.5. The molecule has 4 aromatic carbocycles. The Balaban J connectivity index is 1.41. The van der Waals surface area contributed by atoms with Crippen LogP contribution in [0, 0.1) is 29.5 Å². The number of phenolic OH excluding ortho intramolecular Hbond substituents is 1. The molecule has 0 aromatic heterocycles. The van der Waals surface area contributed by atoms with E-state index in [9.17, 15) is 23.9 Å². The number of amides is 4. The molecule has 2 N–H and O–H groups in total. The zero-order valence-corrected chi connectivity index (χ0v) is 26.7. The summed E-state index contributed by atoms with van der Waals surface area (Å²) in [6.45, 7) is 2.03. The van der Waals surface area contributed by atoms with E-state index in [0.717, 1.165) is 10.6 Å². The van der Waals surface area contributed by atoms with E-state index < -0.39 is 52.6 Å². The van der Waals surface area contributed by atoms with Gasteiger partial charge in [-0.05, 0) is 84.7 Å². The number of rotatable bonds is 5. The van der Waals surface area contributed by atoms with Gasteiger partial charge in [-0.15, -0.1) is 0 Å². The normalized spacial score (nSPS) is 28.0. The Labute approximate surface area is 280 Å². The first kappa shape index (κ1) is 30.3. The SMILES string of the molecule is CCN1C(=O)C2CC=C3C(CC4C(=O)N(Nc5ccc(F)cc5)C(=O)C4(c4ccc(Cl)cc4)C3c3ccc(O)c4ccccc34)C2C1=O. The Bertz CT molecular complexity index is 2070. The van der Waals surface area contributed by atoms with Crippen molar-refractivity contribution in [3.05, 3.63) is 119 Å². The lowest BCUT2D eigenvalue weighted by atomic mass is 9.49. The quantitative estimate of drug-likeness (QED) is 0.191. The largest absolute Gasteiger partial charge is 0.507 e. The van der Waals surface area contributed by atoms with Crippen LogP contribution in [0.1, 0.15) is 36.8 Å². The number of aromatic hydroxyl groups is 1. The number of carbonyl (C=O) groups excluding carboxylic acids is 4. The maximum absolute atomic E-state index is 15.3. The first-order valence-corrected chi connectivity index (χ1v) is 16.5. The summed E-state index contributed by atoms with van der Waals surface area (Å²) in [4.78, 5) is 58.6. The van der Waals surface area contributed by atoms with Crippen LogP contribution in [-0.4, -0.2) is 45.2 Å². The molecule has 4 aromatic rings. The lowest BCUT2D eigenvalue weighted by molar-refractivity contribution is -0.141. The van der Waals surface area contributed by atoms with Crippen molar-refractivity contribution in [3.63, 3.8) is 0 Å². The van der Waals surface area contributed by atoms with Crippen LogP contribution < -0.4 is 5.43 Å². The molecule has 48 heavy (non-hydrogen) atoms. The standard InChI is InChI=1S/C38H31ClFN3O5/c1-2-42-34(45)28-16-15-27-29(32(28)36(42)47)19-30-35(46)43(41-23-13-11-22(40)12-14-23)37(48)38(30,20-7-9-21(39)10-8-20)33(27)26-17-18-31(44)25-6-4-3-5-24(25)26/h3-15,17-18,28-30,32-33,41,44H,2,16,19H2,1H3. The third-order valence-electron chi connectivity index (χ3n) is 10.9. The van der Waals surface area contributed by atoms with Gasteiger partial charge in [-0.2, -0.15) is 5.01 Å². The molecule has 2 saturated heterocycles. The average molecular weight is 664 g/mol. The van der Waals surface area contributed by atoms with E-state index in [1.165, 1.54) is 29.2 Å². The van der Waals surface area contributed by atoms with Crippen LogP contribution >= 0.6 is 11.6 Å². The molecular formula is C38H31ClFN3O5. The maximum atomic E-state index is 15.3. The van der Waals surface area contributed by atoms with E-state index >= 15 is 4.79 Å². The van der Waals surface area contributed by atoms with E-state index in [2.05, 4.69) is 5.43 Å². The number of anilines is 1. The Morgan fingerprint density at radius 1 is 0.875 bits per heavy atom. The molecule has 4 aliphatic rings. The van der Waals surface area contributed by atoms with Crippen LogP contribution in [0.15, 0.2) is 96.6 Å². The molecule has 0 radical (unpaired) electrons. The predicted octanol–water partition coefficient (Wildman–Crippen LogP) is 6.34. The zero-order valence-electron chi connectivity index (χ0n) is 25.9. The fourth-order valence-electron chi connectivity index (χ4n) is 8.93. The second-order valence-corrected chi connectivity index (χ2v) is 13.4. The lowest BCUT2D eigenvalue weighted by Gasteiger charge is -2.51. The number of likely N-dealkylation sites (tertiary alicyclic amines) is 1. The summed E-state index contributed by atoms with van der Waals surface area (Å²) >= 11 is 6.36. The molecule has 8 nitrogen and oxygen atoms in total. The van der Waals surface area contributed by atoms with Gasteiger partial charge in [0.2, 0.25) is 11.8 Å². The van der Waals surface area contributed by atoms with Crippen molar-refractivity contribution in [3.8, 4) is 5.75 Å². The molecule has 4 amide bonds. The number of imide groups is 2. The second-order valence-electron chi connectivity index (χ2n) is 13.0. The Morgan fingerprint density at radius 2 is 1.58 bits per heavy atom. The average Bonchev–Trinajstić information content (AvgIpc) is 3.47. The smallest absolute Gasteiger partial charge is 0.260 e. The van der Waals surface area contributed by atoms with Crippen molar-refractivity contribution < 1.29 is 28.7 Å². The van der Waals surface area contributed by atoms with Crippen LogP contribution in [-0.2, 0) is 24.6 Å². The molecule has 0 spiro atoms. The van der Waals surface area contributed by atoms with E-state index in [1.54, 1.807) is 49.4 Å². The fourth-order valence-corrected chi connectivity index (χ4v) is 9.06. The van der Waals surface area contributed by atoms with Crippen LogP contribution in [0.4, 0.5) is 10.1 Å². The summed E-state index contributed by atoms with van der Waals surface area (Å²) in [6, 6.07) is 23.0. The van der Waals surface area contributed by atoms with Gasteiger partial charge in [-0.3, -0.25) is 29.5 Å². The van der Waals surface area contributed by atoms with Gasteiger partial charge in [0, 0.05) is 22.9 Å². The molecule has 2 aliphatic heterocycles. The molecule has 8 rings (SSSR count). The van der Waals surface area contributed by atoms with Crippen LogP contribution in [0.2, 0.25) is 5.02 Å². The van der Waals surface area contributed by atoms with Gasteiger partial charge < -0.3 is 5.11 Å². The predicted molar refractivity (Wildman–Crippen MR) is 177 cm³/mol. The van der Waals surface area contributed by atoms with Crippen LogP contribution in [0.25, 0.3) is 10.8 Å². The van der Waals surface area contributed by atoms with Crippen molar-refractivity contribution in [1.82, 2.24) is 9.91 Å². The second kappa shape index (κ2) is 11.0. The summed E-state index contributed by atoms with van der Waals surface area (Å²) in [5.41, 5.74) is 3.92. The molecule has 6 unspecified atom stereocenters. The third kappa shape index (κ3) is 4.13. The number of allylic oxidation sites excluding steroid dienone is 2. The molecule has 242 valence electrons. The summed E-state index contributed by atoms with van der Waals surface area (Å²) in [5, 5.41) is 13.7. The minimum absolute atomic E-state index is 0.0695. The van der Waals surface area contributed by atoms with Gasteiger partial charge in [0.1, 0.15) is 11.6 Å².